The van der Waals surface area contributed by atoms with E-state index >= 15 is 0 Å². The van der Waals surface area contributed by atoms with Gasteiger partial charge in [0.05, 0.1) is 0 Å². The number of rotatable bonds is 8. The summed E-state index contributed by atoms with van der Waals surface area (Å²) in [6, 6.07) is 13.1. The second-order valence-corrected chi connectivity index (χ2v) is 6.84. The Hall–Kier alpha value is -3.26. The number of allylic oxidation sites excluding steroid dienone is 1. The van der Waals surface area contributed by atoms with Gasteiger partial charge in [0.2, 0.25) is 0 Å². The average molecular weight is 415 g/mol. The zero-order valence-corrected chi connectivity index (χ0v) is 16.5. The Morgan fingerprint density at radius 2 is 1.97 bits per heavy atom. The van der Waals surface area contributed by atoms with Crippen molar-refractivity contribution in [2.45, 2.75) is 25.0 Å². The first-order valence-corrected chi connectivity index (χ1v) is 9.45. The molecule has 0 saturated heterocycles. The highest BCUT2D eigenvalue weighted by molar-refractivity contribution is 6.09. The third-order valence-corrected chi connectivity index (χ3v) is 4.88. The van der Waals surface area contributed by atoms with Crippen LogP contribution in [-0.2, 0) is 10.3 Å². The molecule has 1 aliphatic heterocycles. The van der Waals surface area contributed by atoms with E-state index in [2.05, 4.69) is 9.73 Å². The van der Waals surface area contributed by atoms with Crippen LogP contribution in [-0.4, -0.2) is 42.1 Å². The van der Waals surface area contributed by atoms with E-state index < -0.39 is 12.2 Å². The summed E-state index contributed by atoms with van der Waals surface area (Å²) in [6.07, 6.45) is 5.24. The molecule has 1 amide bonds. The molecule has 1 heterocycles. The van der Waals surface area contributed by atoms with Crippen LogP contribution in [0.4, 0.5) is 8.78 Å². The number of nitrogens with zero attached hydrogens (tertiary/aromatic N) is 2. The molecule has 0 bridgehead atoms. The molecule has 2 aromatic carbocycles. The zero-order chi connectivity index (χ0) is 21.7. The van der Waals surface area contributed by atoms with Gasteiger partial charge in [-0.3, -0.25) is 9.69 Å². The summed E-state index contributed by atoms with van der Waals surface area (Å²) in [5, 5.41) is 8.90. The Morgan fingerprint density at radius 3 is 2.57 bits per heavy atom. The molecule has 0 radical (unpaired) electrons. The van der Waals surface area contributed by atoms with Crippen molar-refractivity contribution in [3.05, 3.63) is 71.3 Å². The number of hydrogen-bond donors (Lipinski definition) is 2. The maximum Gasteiger partial charge on any atom is 0.387 e. The monoisotopic (exact) mass is 415 g/mol. The number of carbonyl (C=O) groups is 1. The van der Waals surface area contributed by atoms with Crippen molar-refractivity contribution in [1.29, 1.82) is 0 Å². The van der Waals surface area contributed by atoms with E-state index in [4.69, 9.17) is 10.8 Å². The standard InChI is InChI=1S/C22H23F2N3O3/c1-27-19(29)22(26-21(27)25,16-9-11-18(12-10-16)30-20(23)24)17-8-5-7-15(14-17)6-3-2-4-13-28/h3,5-12,14,20,28H,2,4,13H2,1H3,(H2,25,26)/b6-3+. The Bertz CT molecular complexity index is 960. The molecule has 158 valence electrons. The van der Waals surface area contributed by atoms with Gasteiger partial charge in [-0.15, -0.1) is 0 Å². The van der Waals surface area contributed by atoms with Crippen molar-refractivity contribution >= 4 is 17.9 Å². The lowest BCUT2D eigenvalue weighted by molar-refractivity contribution is -0.129. The number of alkyl halides is 2. The van der Waals surface area contributed by atoms with E-state index in [-0.39, 0.29) is 24.2 Å². The van der Waals surface area contributed by atoms with E-state index in [1.54, 1.807) is 6.07 Å². The third kappa shape index (κ3) is 4.18. The van der Waals surface area contributed by atoms with Gasteiger partial charge < -0.3 is 15.6 Å². The van der Waals surface area contributed by atoms with Crippen LogP contribution in [0.3, 0.4) is 0 Å². The number of halogens is 2. The number of guanidine groups is 1. The smallest absolute Gasteiger partial charge is 0.387 e. The van der Waals surface area contributed by atoms with Crippen molar-refractivity contribution in [3.8, 4) is 5.75 Å². The summed E-state index contributed by atoms with van der Waals surface area (Å²) in [5.41, 5.74) is 6.49. The Balaban J connectivity index is 2.05. The topological polar surface area (TPSA) is 88.2 Å². The molecular formula is C22H23F2N3O3. The fourth-order valence-corrected chi connectivity index (χ4v) is 3.36. The van der Waals surface area contributed by atoms with E-state index in [0.717, 1.165) is 12.0 Å². The molecule has 8 heteroatoms. The molecule has 30 heavy (non-hydrogen) atoms. The van der Waals surface area contributed by atoms with Crippen molar-refractivity contribution in [2.24, 2.45) is 10.7 Å². The molecule has 2 aromatic rings. The highest BCUT2D eigenvalue weighted by atomic mass is 19.3. The number of likely N-dealkylation sites (N-methyl/N-ethyl adjacent to an activating group) is 1. The third-order valence-electron chi connectivity index (χ3n) is 4.88. The summed E-state index contributed by atoms with van der Waals surface area (Å²) in [4.78, 5) is 19.0. The van der Waals surface area contributed by atoms with E-state index in [0.29, 0.717) is 17.5 Å². The number of carbonyl (C=O) groups excluding carboxylic acids is 1. The lowest BCUT2D eigenvalue weighted by atomic mass is 9.82. The van der Waals surface area contributed by atoms with Gasteiger partial charge >= 0.3 is 6.61 Å². The minimum Gasteiger partial charge on any atom is -0.435 e. The van der Waals surface area contributed by atoms with E-state index in [1.807, 2.05) is 30.4 Å². The molecule has 0 saturated carbocycles. The normalized spacial score (nSPS) is 19.0. The lowest BCUT2D eigenvalue weighted by Crippen LogP contribution is -2.41. The molecule has 6 nitrogen and oxygen atoms in total. The van der Waals surface area contributed by atoms with Crippen LogP contribution in [0.15, 0.2) is 59.6 Å². The molecular weight excluding hydrogens is 392 g/mol. The maximum atomic E-state index is 13.2. The van der Waals surface area contributed by atoms with Crippen molar-refractivity contribution in [1.82, 2.24) is 4.90 Å². The van der Waals surface area contributed by atoms with Gasteiger partial charge in [0.15, 0.2) is 11.5 Å². The summed E-state index contributed by atoms with van der Waals surface area (Å²) in [7, 11) is 1.54. The van der Waals surface area contributed by atoms with Gasteiger partial charge in [-0.05, 0) is 47.7 Å². The fourth-order valence-electron chi connectivity index (χ4n) is 3.36. The van der Waals surface area contributed by atoms with Crippen LogP contribution < -0.4 is 10.5 Å². The summed E-state index contributed by atoms with van der Waals surface area (Å²) >= 11 is 0. The second kappa shape index (κ2) is 9.04. The molecule has 1 aliphatic rings. The number of nitrogens with two attached hydrogens (primary N) is 1. The van der Waals surface area contributed by atoms with Crippen LogP contribution in [0.25, 0.3) is 6.08 Å². The predicted molar refractivity (Wildman–Crippen MR) is 110 cm³/mol. The molecule has 1 unspecified atom stereocenters. The maximum absolute atomic E-state index is 13.2. The van der Waals surface area contributed by atoms with Gasteiger partial charge in [-0.2, -0.15) is 8.78 Å². The molecule has 0 aromatic heterocycles. The number of hydrogen-bond acceptors (Lipinski definition) is 5. The molecule has 3 rings (SSSR count). The molecule has 3 N–H and O–H groups in total. The SMILES string of the molecule is CN1C(=O)C(c2ccc(OC(F)F)cc2)(c2cccc(/C=C/CCCO)c2)N=C1N. The summed E-state index contributed by atoms with van der Waals surface area (Å²) in [5.74, 6) is -0.291. The Morgan fingerprint density at radius 1 is 1.23 bits per heavy atom. The molecule has 1 atom stereocenters. The first-order chi connectivity index (χ1) is 14.4. The lowest BCUT2D eigenvalue weighted by Gasteiger charge is -2.26. The largest absolute Gasteiger partial charge is 0.435 e. The van der Waals surface area contributed by atoms with Crippen LogP contribution in [0.1, 0.15) is 29.5 Å². The number of amides is 1. The average Bonchev–Trinajstić information content (AvgIpc) is 2.96. The highest BCUT2D eigenvalue weighted by Crippen LogP contribution is 2.40. The van der Waals surface area contributed by atoms with Gasteiger partial charge in [-0.1, -0.05) is 42.5 Å². The van der Waals surface area contributed by atoms with Gasteiger partial charge in [0.25, 0.3) is 5.91 Å². The number of aliphatic hydroxyl groups is 1. The Kier molecular flexibility index (Phi) is 6.47. The summed E-state index contributed by atoms with van der Waals surface area (Å²) in [6.45, 7) is -2.82. The highest BCUT2D eigenvalue weighted by Gasteiger charge is 2.49. The molecule has 0 fully saturated rings. The summed E-state index contributed by atoms with van der Waals surface area (Å²) < 4.78 is 29.4. The van der Waals surface area contributed by atoms with E-state index in [9.17, 15) is 13.6 Å². The fraction of sp³-hybridized carbons (Fsp3) is 0.273. The van der Waals surface area contributed by atoms with Gasteiger partial charge in [0, 0.05) is 13.7 Å². The first kappa shape index (κ1) is 21.4. The first-order valence-electron chi connectivity index (χ1n) is 9.45. The minimum absolute atomic E-state index is 0.0137. The van der Waals surface area contributed by atoms with Gasteiger partial charge in [-0.25, -0.2) is 4.99 Å². The van der Waals surface area contributed by atoms with Gasteiger partial charge in [0.1, 0.15) is 5.75 Å². The van der Waals surface area contributed by atoms with Crippen molar-refractivity contribution < 1.29 is 23.4 Å². The van der Waals surface area contributed by atoms with Crippen LogP contribution in [0.2, 0.25) is 0 Å². The van der Waals surface area contributed by atoms with E-state index in [1.165, 1.54) is 36.2 Å². The molecule has 0 spiro atoms. The number of aliphatic imine (C=N–C) groups is 1. The quantitative estimate of drug-likeness (QED) is 0.649. The zero-order valence-electron chi connectivity index (χ0n) is 16.5. The van der Waals surface area contributed by atoms with Crippen molar-refractivity contribution in [3.63, 3.8) is 0 Å². The van der Waals surface area contributed by atoms with Crippen LogP contribution >= 0.6 is 0 Å². The van der Waals surface area contributed by atoms with Crippen LogP contribution in [0, 0.1) is 0 Å². The number of benzene rings is 2. The number of unbranched alkanes of at least 4 members (excludes halogenated alkanes) is 1. The van der Waals surface area contributed by atoms with Crippen molar-refractivity contribution in [2.75, 3.05) is 13.7 Å². The second-order valence-electron chi connectivity index (χ2n) is 6.84. The predicted octanol–water partition coefficient (Wildman–Crippen LogP) is 3.10. The number of ether oxygens (including phenoxy) is 1. The molecule has 0 aliphatic carbocycles. The Labute approximate surface area is 173 Å². The minimum atomic E-state index is -2.94. The van der Waals surface area contributed by atoms with Crippen LogP contribution in [0.5, 0.6) is 5.75 Å². The number of aliphatic hydroxyl groups excluding tert-OH is 1.